The lowest BCUT2D eigenvalue weighted by Gasteiger charge is -2.32. The summed E-state index contributed by atoms with van der Waals surface area (Å²) in [6.45, 7) is 12.9. The van der Waals surface area contributed by atoms with Crippen LogP contribution in [0, 0.1) is 0 Å². The molecule has 1 fully saturated rings. The number of carbonyl (C=O) groups is 1. The molecule has 0 aliphatic carbocycles. The Labute approximate surface area is 185 Å². The first kappa shape index (κ1) is 22.8. The Balaban J connectivity index is 1.87. The van der Waals surface area contributed by atoms with Crippen molar-refractivity contribution in [3.05, 3.63) is 30.0 Å². The molecular weight excluding hydrogens is 390 g/mol. The van der Waals surface area contributed by atoms with Gasteiger partial charge in [0.2, 0.25) is 0 Å². The highest BCUT2D eigenvalue weighted by Gasteiger charge is 2.21. The maximum atomic E-state index is 13.0. The summed E-state index contributed by atoms with van der Waals surface area (Å²) < 4.78 is 1.64. The number of hydrogen-bond acceptors (Lipinski definition) is 6. The number of anilines is 2. The van der Waals surface area contributed by atoms with Crippen LogP contribution in [0.4, 0.5) is 11.6 Å². The molecule has 168 valence electrons. The van der Waals surface area contributed by atoms with Gasteiger partial charge >= 0.3 is 0 Å². The number of rotatable bonds is 10. The van der Waals surface area contributed by atoms with Crippen LogP contribution in [-0.2, 0) is 0 Å². The third kappa shape index (κ3) is 5.25. The van der Waals surface area contributed by atoms with Gasteiger partial charge in [0.05, 0.1) is 17.5 Å². The molecule has 1 unspecified atom stereocenters. The summed E-state index contributed by atoms with van der Waals surface area (Å²) in [6.07, 6.45) is 7.58. The molecule has 3 rings (SSSR count). The largest absolute Gasteiger partial charge is 0.383 e. The van der Waals surface area contributed by atoms with Crippen LogP contribution in [0.2, 0.25) is 0 Å². The Morgan fingerprint density at radius 3 is 2.65 bits per heavy atom. The Morgan fingerprint density at radius 2 is 2.03 bits per heavy atom. The quantitative estimate of drug-likeness (QED) is 0.608. The van der Waals surface area contributed by atoms with Crippen LogP contribution >= 0.6 is 0 Å². The fourth-order valence-electron chi connectivity index (χ4n) is 3.70. The average molecular weight is 426 g/mol. The zero-order valence-electron chi connectivity index (χ0n) is 19.1. The summed E-state index contributed by atoms with van der Waals surface area (Å²) >= 11 is 0. The molecule has 1 aliphatic rings. The van der Waals surface area contributed by atoms with E-state index < -0.39 is 0 Å². The van der Waals surface area contributed by atoms with Gasteiger partial charge in [-0.1, -0.05) is 26.8 Å². The van der Waals surface area contributed by atoms with Crippen molar-refractivity contribution in [2.45, 2.75) is 46.6 Å². The molecular formula is C23H35N7O. The molecule has 8 nitrogen and oxygen atoms in total. The summed E-state index contributed by atoms with van der Waals surface area (Å²) in [5.74, 6) is 1.22. The fraction of sp³-hybridized carbons (Fsp3) is 0.522. The predicted molar refractivity (Wildman–Crippen MR) is 127 cm³/mol. The van der Waals surface area contributed by atoms with E-state index in [1.165, 1.54) is 0 Å². The van der Waals surface area contributed by atoms with Gasteiger partial charge in [-0.15, -0.1) is 0 Å². The molecule has 0 aromatic carbocycles. The number of nitrogen functional groups attached to an aromatic ring is 1. The number of hydrogen-bond donors (Lipinski definition) is 2. The second-order valence-corrected chi connectivity index (χ2v) is 7.90. The Morgan fingerprint density at radius 1 is 1.29 bits per heavy atom. The van der Waals surface area contributed by atoms with Crippen molar-refractivity contribution in [3.63, 3.8) is 0 Å². The minimum atomic E-state index is -0.0960. The molecule has 0 saturated carbocycles. The van der Waals surface area contributed by atoms with Gasteiger partial charge < -0.3 is 16.0 Å². The van der Waals surface area contributed by atoms with Crippen LogP contribution in [0.1, 0.15) is 50.9 Å². The molecule has 2 aromatic rings. The number of amides is 1. The van der Waals surface area contributed by atoms with Crippen molar-refractivity contribution in [1.29, 1.82) is 0 Å². The Bertz CT molecular complexity index is 913. The van der Waals surface area contributed by atoms with Crippen LogP contribution in [0.3, 0.4) is 0 Å². The number of allylic oxidation sites excluding steroid dienone is 1. The number of nitrogens with two attached hydrogens (primary N) is 1. The van der Waals surface area contributed by atoms with Gasteiger partial charge in [-0.2, -0.15) is 5.10 Å². The third-order valence-electron chi connectivity index (χ3n) is 5.84. The summed E-state index contributed by atoms with van der Waals surface area (Å²) in [4.78, 5) is 22.3. The molecule has 31 heavy (non-hydrogen) atoms. The highest BCUT2D eigenvalue weighted by molar-refractivity contribution is 5.96. The topological polar surface area (TPSA) is 92.3 Å². The van der Waals surface area contributed by atoms with Gasteiger partial charge in [0.15, 0.2) is 0 Å². The second kappa shape index (κ2) is 10.4. The Hall–Kier alpha value is -2.87. The van der Waals surface area contributed by atoms with Crippen LogP contribution < -0.4 is 16.0 Å². The van der Waals surface area contributed by atoms with E-state index in [1.807, 2.05) is 24.4 Å². The number of likely N-dealkylation sites (N-methyl/N-ethyl adjacent to an activating group) is 1. The first-order chi connectivity index (χ1) is 15.0. The molecule has 0 radical (unpaired) electrons. The molecule has 1 amide bonds. The van der Waals surface area contributed by atoms with E-state index in [-0.39, 0.29) is 11.9 Å². The van der Waals surface area contributed by atoms with Crippen molar-refractivity contribution in [1.82, 2.24) is 25.0 Å². The first-order valence-electron chi connectivity index (χ1n) is 11.3. The van der Waals surface area contributed by atoms with E-state index in [0.717, 1.165) is 50.4 Å². The van der Waals surface area contributed by atoms with Crippen molar-refractivity contribution < 1.29 is 4.79 Å². The van der Waals surface area contributed by atoms with Crippen LogP contribution in [0.5, 0.6) is 0 Å². The van der Waals surface area contributed by atoms with E-state index in [2.05, 4.69) is 47.9 Å². The third-order valence-corrected chi connectivity index (χ3v) is 5.84. The van der Waals surface area contributed by atoms with Gasteiger partial charge in [0.25, 0.3) is 5.91 Å². The monoisotopic (exact) mass is 425 g/mol. The molecule has 1 saturated heterocycles. The summed E-state index contributed by atoms with van der Waals surface area (Å²) in [5.41, 5.74) is 8.32. The molecule has 8 heteroatoms. The van der Waals surface area contributed by atoms with Crippen molar-refractivity contribution in [2.24, 2.45) is 0 Å². The zero-order chi connectivity index (χ0) is 22.4. The van der Waals surface area contributed by atoms with E-state index >= 15 is 0 Å². The maximum Gasteiger partial charge on any atom is 0.251 e. The van der Waals surface area contributed by atoms with Crippen LogP contribution in [-0.4, -0.2) is 64.3 Å². The number of nitrogens with zero attached hydrogens (tertiary/aromatic N) is 5. The SMILES string of the molecule is CC/C=C\n1ncc(-c2cc(C(=O)NCC(C)N(CC)CC)cc(N3CCC3)n2)c1N. The van der Waals surface area contributed by atoms with Crippen molar-refractivity contribution >= 4 is 23.7 Å². The molecule has 0 bridgehead atoms. The smallest absolute Gasteiger partial charge is 0.251 e. The molecule has 3 heterocycles. The fourth-order valence-corrected chi connectivity index (χ4v) is 3.70. The lowest BCUT2D eigenvalue weighted by atomic mass is 10.1. The average Bonchev–Trinajstić information content (AvgIpc) is 3.10. The van der Waals surface area contributed by atoms with E-state index in [0.29, 0.717) is 23.6 Å². The van der Waals surface area contributed by atoms with E-state index in [9.17, 15) is 4.79 Å². The van der Waals surface area contributed by atoms with Gasteiger partial charge in [-0.3, -0.25) is 9.69 Å². The molecule has 2 aromatic heterocycles. The molecule has 1 atom stereocenters. The molecule has 0 spiro atoms. The predicted octanol–water partition coefficient (Wildman–Crippen LogP) is 3.08. The van der Waals surface area contributed by atoms with Gasteiger partial charge in [0, 0.05) is 37.4 Å². The standard InChI is InChI=1S/C23H35N7O/c1-5-8-12-30-22(24)19(16-26-30)20-13-18(14-21(27-20)29-10-9-11-29)23(31)25-15-17(4)28(6-2)7-3/h8,12-14,16-17H,5-7,9-11,15,24H2,1-4H3,(H,25,31)/b12-8-. The van der Waals surface area contributed by atoms with Crippen molar-refractivity contribution in [3.8, 4) is 11.3 Å². The summed E-state index contributed by atoms with van der Waals surface area (Å²) in [6, 6.07) is 3.95. The highest BCUT2D eigenvalue weighted by atomic mass is 16.1. The van der Waals surface area contributed by atoms with Gasteiger partial charge in [-0.05, 0) is 45.0 Å². The summed E-state index contributed by atoms with van der Waals surface area (Å²) in [5, 5.41) is 7.44. The second-order valence-electron chi connectivity index (χ2n) is 7.90. The number of nitrogens with one attached hydrogen (secondary N) is 1. The summed E-state index contributed by atoms with van der Waals surface area (Å²) in [7, 11) is 0. The maximum absolute atomic E-state index is 13.0. The van der Waals surface area contributed by atoms with Crippen LogP contribution in [0.15, 0.2) is 24.4 Å². The van der Waals surface area contributed by atoms with E-state index in [1.54, 1.807) is 10.9 Å². The first-order valence-corrected chi connectivity index (χ1v) is 11.3. The number of aromatic nitrogens is 3. The lowest BCUT2D eigenvalue weighted by molar-refractivity contribution is 0.0938. The van der Waals surface area contributed by atoms with Crippen LogP contribution in [0.25, 0.3) is 17.5 Å². The van der Waals surface area contributed by atoms with E-state index in [4.69, 9.17) is 10.7 Å². The lowest BCUT2D eigenvalue weighted by Crippen LogP contribution is -2.42. The minimum Gasteiger partial charge on any atom is -0.383 e. The molecule has 1 aliphatic heterocycles. The normalized spacial score (nSPS) is 14.8. The number of pyridine rings is 1. The zero-order valence-corrected chi connectivity index (χ0v) is 19.1. The highest BCUT2D eigenvalue weighted by Crippen LogP contribution is 2.29. The Kier molecular flexibility index (Phi) is 7.68. The van der Waals surface area contributed by atoms with Gasteiger partial charge in [0.1, 0.15) is 11.6 Å². The van der Waals surface area contributed by atoms with Gasteiger partial charge in [-0.25, -0.2) is 9.67 Å². The van der Waals surface area contributed by atoms with Crippen molar-refractivity contribution in [2.75, 3.05) is 43.4 Å². The minimum absolute atomic E-state index is 0.0960. The molecule has 3 N–H and O–H groups in total. The number of carbonyl (C=O) groups excluding carboxylic acids is 1.